The Kier molecular flexibility index (Phi) is 3.98. The van der Waals surface area contributed by atoms with Gasteiger partial charge in [0, 0.05) is 36.2 Å². The molecule has 0 unspecified atom stereocenters. The molecule has 0 aliphatic carbocycles. The summed E-state index contributed by atoms with van der Waals surface area (Å²) < 4.78 is 7.23. The van der Waals surface area contributed by atoms with Gasteiger partial charge in [0.25, 0.3) is 5.91 Å². The van der Waals surface area contributed by atoms with Gasteiger partial charge in [0.2, 0.25) is 0 Å². The highest BCUT2D eigenvalue weighted by molar-refractivity contribution is 6.42. The Bertz CT molecular complexity index is 1060. The lowest BCUT2D eigenvalue weighted by Crippen LogP contribution is -2.36. The van der Waals surface area contributed by atoms with Gasteiger partial charge in [-0.2, -0.15) is 5.10 Å². The number of hydrogen-bond donors (Lipinski definition) is 0. The third kappa shape index (κ3) is 2.75. The van der Waals surface area contributed by atoms with Crippen LogP contribution in [-0.2, 0) is 25.9 Å². The van der Waals surface area contributed by atoms with Gasteiger partial charge in [0.1, 0.15) is 12.0 Å². The van der Waals surface area contributed by atoms with Crippen LogP contribution in [0.2, 0.25) is 10.0 Å². The fraction of sp³-hybridized carbons (Fsp3) is 0.316. The van der Waals surface area contributed by atoms with Crippen molar-refractivity contribution in [2.75, 3.05) is 6.54 Å². The number of aromatic nitrogens is 3. The molecule has 4 heterocycles. The molecule has 0 radical (unpaired) electrons. The van der Waals surface area contributed by atoms with Gasteiger partial charge in [-0.25, -0.2) is 0 Å². The van der Waals surface area contributed by atoms with Gasteiger partial charge < -0.3 is 9.42 Å². The maximum Gasteiger partial charge on any atom is 0.254 e. The van der Waals surface area contributed by atoms with Crippen LogP contribution in [-0.4, -0.2) is 32.3 Å². The quantitative estimate of drug-likeness (QED) is 0.617. The minimum Gasteiger partial charge on any atom is -0.364 e. The van der Waals surface area contributed by atoms with Gasteiger partial charge >= 0.3 is 0 Å². The van der Waals surface area contributed by atoms with Gasteiger partial charge in [-0.15, -0.1) is 0 Å². The average Bonchev–Trinajstić information content (AvgIpc) is 3.23. The molecular formula is C19H16Cl2N4O2. The van der Waals surface area contributed by atoms with E-state index in [4.69, 9.17) is 32.8 Å². The Morgan fingerprint density at radius 1 is 1.15 bits per heavy atom. The molecule has 0 N–H and O–H groups in total. The van der Waals surface area contributed by atoms with Crippen molar-refractivity contribution < 1.29 is 9.32 Å². The molecule has 0 saturated heterocycles. The van der Waals surface area contributed by atoms with Gasteiger partial charge in [-0.05, 0) is 31.0 Å². The molecule has 2 aliphatic heterocycles. The summed E-state index contributed by atoms with van der Waals surface area (Å²) >= 11 is 12.1. The smallest absolute Gasteiger partial charge is 0.254 e. The van der Waals surface area contributed by atoms with Crippen molar-refractivity contribution in [1.82, 2.24) is 19.8 Å². The van der Waals surface area contributed by atoms with Crippen LogP contribution in [0, 0.1) is 0 Å². The molecule has 138 valence electrons. The van der Waals surface area contributed by atoms with E-state index in [0.717, 1.165) is 54.0 Å². The van der Waals surface area contributed by atoms with Crippen molar-refractivity contribution in [3.05, 3.63) is 56.9 Å². The van der Waals surface area contributed by atoms with Crippen LogP contribution in [0.15, 0.2) is 29.0 Å². The first kappa shape index (κ1) is 16.8. The molecule has 2 aliphatic rings. The van der Waals surface area contributed by atoms with Gasteiger partial charge in [-0.3, -0.25) is 9.48 Å². The summed E-state index contributed by atoms with van der Waals surface area (Å²) in [6.45, 7) is 1.96. The van der Waals surface area contributed by atoms with Gasteiger partial charge in [0.05, 0.1) is 28.0 Å². The molecule has 0 fully saturated rings. The lowest BCUT2D eigenvalue weighted by atomic mass is 10.0. The Morgan fingerprint density at radius 2 is 2.04 bits per heavy atom. The molecule has 0 atom stereocenters. The normalized spacial score (nSPS) is 15.7. The second-order valence-corrected chi connectivity index (χ2v) is 7.71. The lowest BCUT2D eigenvalue weighted by molar-refractivity contribution is 0.0734. The summed E-state index contributed by atoms with van der Waals surface area (Å²) in [5.41, 5.74) is 5.58. The number of aryl methyl sites for hydroxylation is 2. The highest BCUT2D eigenvalue weighted by Crippen LogP contribution is 2.35. The molecule has 5 rings (SSSR count). The molecule has 1 aromatic carbocycles. The van der Waals surface area contributed by atoms with Crippen molar-refractivity contribution >= 4 is 29.1 Å². The van der Waals surface area contributed by atoms with E-state index in [1.807, 2.05) is 9.58 Å². The number of fused-ring (bicyclic) bond motifs is 5. The molecule has 0 saturated carbocycles. The fourth-order valence-electron chi connectivity index (χ4n) is 3.89. The van der Waals surface area contributed by atoms with E-state index in [9.17, 15) is 4.79 Å². The molecular weight excluding hydrogens is 387 g/mol. The Balaban J connectivity index is 1.51. The summed E-state index contributed by atoms with van der Waals surface area (Å²) in [5, 5.41) is 9.82. The van der Waals surface area contributed by atoms with Crippen molar-refractivity contribution in [3.63, 3.8) is 0 Å². The van der Waals surface area contributed by atoms with E-state index < -0.39 is 0 Å². The summed E-state index contributed by atoms with van der Waals surface area (Å²) in [6, 6.07) is 4.98. The molecule has 27 heavy (non-hydrogen) atoms. The number of carbonyl (C=O) groups is 1. The first-order valence-electron chi connectivity index (χ1n) is 8.88. The Hall–Kier alpha value is -2.31. The zero-order valence-electron chi connectivity index (χ0n) is 14.4. The van der Waals surface area contributed by atoms with E-state index in [1.165, 1.54) is 0 Å². The number of carbonyl (C=O) groups excluding carboxylic acids is 1. The predicted octanol–water partition coefficient (Wildman–Crippen LogP) is 3.99. The number of hydrogen-bond acceptors (Lipinski definition) is 4. The number of nitrogens with zero attached hydrogens (tertiary/aromatic N) is 4. The predicted molar refractivity (Wildman–Crippen MR) is 101 cm³/mol. The second kappa shape index (κ2) is 6.39. The van der Waals surface area contributed by atoms with Crippen LogP contribution < -0.4 is 0 Å². The molecule has 2 aromatic heterocycles. The topological polar surface area (TPSA) is 64.2 Å². The van der Waals surface area contributed by atoms with Crippen LogP contribution >= 0.6 is 23.2 Å². The average molecular weight is 403 g/mol. The van der Waals surface area contributed by atoms with Crippen LogP contribution in [0.4, 0.5) is 0 Å². The summed E-state index contributed by atoms with van der Waals surface area (Å²) in [5.74, 6) is -0.0619. The fourth-order valence-corrected chi connectivity index (χ4v) is 4.19. The number of benzene rings is 1. The van der Waals surface area contributed by atoms with Crippen LogP contribution in [0.25, 0.3) is 11.4 Å². The third-order valence-corrected chi connectivity index (χ3v) is 5.98. The van der Waals surface area contributed by atoms with Crippen LogP contribution in [0.3, 0.4) is 0 Å². The van der Waals surface area contributed by atoms with E-state index in [-0.39, 0.29) is 5.91 Å². The molecule has 3 aromatic rings. The number of halogens is 2. The summed E-state index contributed by atoms with van der Waals surface area (Å²) in [7, 11) is 0. The first-order chi connectivity index (χ1) is 13.1. The minimum atomic E-state index is -0.0619. The van der Waals surface area contributed by atoms with Crippen molar-refractivity contribution in [1.29, 1.82) is 0 Å². The van der Waals surface area contributed by atoms with Crippen molar-refractivity contribution in [3.8, 4) is 11.4 Å². The van der Waals surface area contributed by atoms with Crippen molar-refractivity contribution in [2.24, 2.45) is 0 Å². The number of rotatable bonds is 1. The third-order valence-electron chi connectivity index (χ3n) is 5.24. The monoisotopic (exact) mass is 402 g/mol. The molecule has 0 bridgehead atoms. The Morgan fingerprint density at radius 3 is 2.89 bits per heavy atom. The number of amides is 1. The van der Waals surface area contributed by atoms with Crippen molar-refractivity contribution in [2.45, 2.75) is 32.4 Å². The molecule has 6 nitrogen and oxygen atoms in total. The largest absolute Gasteiger partial charge is 0.364 e. The molecule has 0 spiro atoms. The zero-order chi connectivity index (χ0) is 18.5. The maximum absolute atomic E-state index is 13.0. The minimum absolute atomic E-state index is 0.0619. The highest BCUT2D eigenvalue weighted by atomic mass is 35.5. The van der Waals surface area contributed by atoms with Crippen LogP contribution in [0.1, 0.15) is 33.6 Å². The zero-order valence-corrected chi connectivity index (χ0v) is 15.9. The Labute approximate surface area is 165 Å². The lowest BCUT2D eigenvalue weighted by Gasteiger charge is -2.27. The van der Waals surface area contributed by atoms with E-state index >= 15 is 0 Å². The highest BCUT2D eigenvalue weighted by Gasteiger charge is 2.31. The van der Waals surface area contributed by atoms with E-state index in [0.29, 0.717) is 28.7 Å². The summed E-state index contributed by atoms with van der Waals surface area (Å²) in [6.07, 6.45) is 4.35. The van der Waals surface area contributed by atoms with Gasteiger partial charge in [-0.1, -0.05) is 28.4 Å². The molecule has 8 heteroatoms. The first-order valence-corrected chi connectivity index (χ1v) is 9.64. The standard InChI is InChI=1S/C19H16Cl2N4O2/c20-14-4-3-11(8-15(14)21)19(26)24-7-5-16-13(9-24)18-17-12(10-27-23-17)2-1-6-25(18)22-16/h3-4,8,10H,1-2,5-7,9H2. The molecule has 1 amide bonds. The summed E-state index contributed by atoms with van der Waals surface area (Å²) in [4.78, 5) is 14.8. The second-order valence-electron chi connectivity index (χ2n) is 6.89. The van der Waals surface area contributed by atoms with E-state index in [1.54, 1.807) is 24.5 Å². The van der Waals surface area contributed by atoms with Gasteiger partial charge in [0.15, 0.2) is 0 Å². The van der Waals surface area contributed by atoms with Crippen LogP contribution in [0.5, 0.6) is 0 Å². The SMILES string of the molecule is O=C(c1ccc(Cl)c(Cl)c1)N1CCc2nn3c(c2C1)-c1nocc1CCC3. The van der Waals surface area contributed by atoms with E-state index in [2.05, 4.69) is 5.16 Å². The maximum atomic E-state index is 13.0.